The minimum Gasteiger partial charge on any atom is -0.497 e. The van der Waals surface area contributed by atoms with Gasteiger partial charge in [0.2, 0.25) is 0 Å². The van der Waals surface area contributed by atoms with Gasteiger partial charge in [0, 0.05) is 34.6 Å². The van der Waals surface area contributed by atoms with Crippen LogP contribution < -0.4 is 10.1 Å². The Morgan fingerprint density at radius 1 is 1.15 bits per heavy atom. The molecule has 1 N–H and O–H groups in total. The average molecular weight is 427 g/mol. The van der Waals surface area contributed by atoms with Crippen molar-refractivity contribution >= 4 is 38.1 Å². The number of thiazole rings is 1. The maximum atomic E-state index is 5.25. The molecule has 0 unspecified atom stereocenters. The molecule has 0 aliphatic heterocycles. The number of methoxy groups -OCH3 is 1. The average Bonchev–Trinajstić information content (AvgIpc) is 3.31. The third-order valence-electron chi connectivity index (χ3n) is 3.84. The van der Waals surface area contributed by atoms with E-state index < -0.39 is 0 Å². The SMILES string of the molecule is COc1cccc(Nc2nc(-c3ccc(-n4cnc(Br)c4)cc3)cs2)c1. The maximum Gasteiger partial charge on any atom is 0.187 e. The molecule has 4 aromatic rings. The van der Waals surface area contributed by atoms with Crippen LogP contribution in [0.15, 0.2) is 71.0 Å². The van der Waals surface area contributed by atoms with Gasteiger partial charge in [-0.1, -0.05) is 18.2 Å². The van der Waals surface area contributed by atoms with Gasteiger partial charge in [0.1, 0.15) is 16.7 Å². The molecule has 0 amide bonds. The number of imidazole rings is 1. The monoisotopic (exact) mass is 426 g/mol. The third-order valence-corrected chi connectivity index (χ3v) is 5.00. The smallest absolute Gasteiger partial charge is 0.187 e. The number of benzene rings is 2. The van der Waals surface area contributed by atoms with Crippen LogP contribution in [0.1, 0.15) is 0 Å². The van der Waals surface area contributed by atoms with Gasteiger partial charge in [-0.05, 0) is 40.2 Å². The number of hydrogen-bond donors (Lipinski definition) is 1. The number of aromatic nitrogens is 3. The molecule has 0 radical (unpaired) electrons. The van der Waals surface area contributed by atoms with Gasteiger partial charge in [0.05, 0.1) is 12.8 Å². The van der Waals surface area contributed by atoms with E-state index in [0.717, 1.165) is 38.1 Å². The second kappa shape index (κ2) is 7.31. The predicted octanol–water partition coefficient (Wildman–Crippen LogP) is 5.51. The van der Waals surface area contributed by atoms with Crippen molar-refractivity contribution in [2.75, 3.05) is 12.4 Å². The van der Waals surface area contributed by atoms with E-state index in [4.69, 9.17) is 4.74 Å². The molecule has 0 bridgehead atoms. The summed E-state index contributed by atoms with van der Waals surface area (Å²) in [7, 11) is 1.66. The van der Waals surface area contributed by atoms with E-state index in [1.54, 1.807) is 24.8 Å². The molecule has 4 rings (SSSR count). The molecule has 0 spiro atoms. The summed E-state index contributed by atoms with van der Waals surface area (Å²) >= 11 is 4.94. The molecule has 7 heteroatoms. The van der Waals surface area contributed by atoms with Crippen LogP contribution in [-0.4, -0.2) is 21.6 Å². The molecular weight excluding hydrogens is 412 g/mol. The summed E-state index contributed by atoms with van der Waals surface area (Å²) in [5, 5.41) is 6.21. The van der Waals surface area contributed by atoms with Crippen LogP contribution in [0.25, 0.3) is 16.9 Å². The lowest BCUT2D eigenvalue weighted by molar-refractivity contribution is 0.415. The number of hydrogen-bond acceptors (Lipinski definition) is 5. The van der Waals surface area contributed by atoms with E-state index in [1.807, 2.05) is 40.4 Å². The molecule has 2 aromatic carbocycles. The zero-order valence-electron chi connectivity index (χ0n) is 13.9. The molecule has 0 saturated heterocycles. The van der Waals surface area contributed by atoms with Crippen molar-refractivity contribution in [1.82, 2.24) is 14.5 Å². The predicted molar refractivity (Wildman–Crippen MR) is 109 cm³/mol. The fourth-order valence-corrected chi connectivity index (χ4v) is 3.58. The number of anilines is 2. The zero-order chi connectivity index (χ0) is 17.9. The van der Waals surface area contributed by atoms with Gasteiger partial charge in [-0.15, -0.1) is 11.3 Å². The van der Waals surface area contributed by atoms with Crippen LogP contribution >= 0.6 is 27.3 Å². The summed E-state index contributed by atoms with van der Waals surface area (Å²) < 4.78 is 8.03. The highest BCUT2D eigenvalue weighted by molar-refractivity contribution is 9.10. The summed E-state index contributed by atoms with van der Waals surface area (Å²) in [5.41, 5.74) is 4.02. The van der Waals surface area contributed by atoms with Crippen molar-refractivity contribution in [3.63, 3.8) is 0 Å². The first-order valence-corrected chi connectivity index (χ1v) is 9.55. The van der Waals surface area contributed by atoms with E-state index in [-0.39, 0.29) is 0 Å². The highest BCUT2D eigenvalue weighted by atomic mass is 79.9. The Morgan fingerprint density at radius 2 is 2.00 bits per heavy atom. The van der Waals surface area contributed by atoms with E-state index in [0.29, 0.717) is 0 Å². The summed E-state index contributed by atoms with van der Waals surface area (Å²) in [5.74, 6) is 0.813. The summed E-state index contributed by atoms with van der Waals surface area (Å²) in [4.78, 5) is 8.86. The molecule has 130 valence electrons. The highest BCUT2D eigenvalue weighted by Crippen LogP contribution is 2.29. The van der Waals surface area contributed by atoms with E-state index in [9.17, 15) is 0 Å². The summed E-state index contributed by atoms with van der Waals surface area (Å²) in [6.07, 6.45) is 3.70. The van der Waals surface area contributed by atoms with Gasteiger partial charge in [-0.25, -0.2) is 9.97 Å². The van der Waals surface area contributed by atoms with E-state index in [2.05, 4.69) is 55.5 Å². The Labute approximate surface area is 163 Å². The maximum absolute atomic E-state index is 5.25. The van der Waals surface area contributed by atoms with Crippen molar-refractivity contribution in [2.24, 2.45) is 0 Å². The van der Waals surface area contributed by atoms with Crippen LogP contribution in [0.5, 0.6) is 5.75 Å². The van der Waals surface area contributed by atoms with Gasteiger partial charge >= 0.3 is 0 Å². The van der Waals surface area contributed by atoms with Crippen LogP contribution in [0.4, 0.5) is 10.8 Å². The largest absolute Gasteiger partial charge is 0.497 e. The fraction of sp³-hybridized carbons (Fsp3) is 0.0526. The van der Waals surface area contributed by atoms with E-state index in [1.165, 1.54) is 0 Å². The highest BCUT2D eigenvalue weighted by Gasteiger charge is 2.06. The number of halogens is 1. The number of rotatable bonds is 5. The van der Waals surface area contributed by atoms with Gasteiger partial charge in [-0.2, -0.15) is 0 Å². The van der Waals surface area contributed by atoms with Crippen molar-refractivity contribution in [3.8, 4) is 22.7 Å². The van der Waals surface area contributed by atoms with Gasteiger partial charge < -0.3 is 14.6 Å². The first-order chi connectivity index (χ1) is 12.7. The summed E-state index contributed by atoms with van der Waals surface area (Å²) in [6, 6.07) is 16.0. The molecule has 0 fully saturated rings. The minimum absolute atomic E-state index is 0.813. The van der Waals surface area contributed by atoms with Crippen molar-refractivity contribution in [2.45, 2.75) is 0 Å². The lowest BCUT2D eigenvalue weighted by Gasteiger charge is -2.05. The minimum atomic E-state index is 0.813. The molecule has 2 heterocycles. The van der Waals surface area contributed by atoms with Crippen LogP contribution in [-0.2, 0) is 0 Å². The van der Waals surface area contributed by atoms with E-state index >= 15 is 0 Å². The van der Waals surface area contributed by atoms with Crippen LogP contribution in [0.2, 0.25) is 0 Å². The van der Waals surface area contributed by atoms with Gasteiger partial charge in [-0.3, -0.25) is 0 Å². The Hall–Kier alpha value is -2.64. The standard InChI is InChI=1S/C19H15BrN4OS/c1-25-16-4-2-3-14(9-16)22-19-23-17(11-26-19)13-5-7-15(8-6-13)24-10-18(20)21-12-24/h2-12H,1H3,(H,22,23). The Morgan fingerprint density at radius 3 is 2.73 bits per heavy atom. The zero-order valence-corrected chi connectivity index (χ0v) is 16.3. The second-order valence-electron chi connectivity index (χ2n) is 5.55. The Kier molecular flexibility index (Phi) is 4.73. The first kappa shape index (κ1) is 16.8. The molecule has 0 aliphatic rings. The number of nitrogens with zero attached hydrogens (tertiary/aromatic N) is 3. The van der Waals surface area contributed by atoms with Crippen molar-refractivity contribution < 1.29 is 4.74 Å². The van der Waals surface area contributed by atoms with Crippen LogP contribution in [0.3, 0.4) is 0 Å². The van der Waals surface area contributed by atoms with Gasteiger partial charge in [0.15, 0.2) is 5.13 Å². The Bertz CT molecular complexity index is 1030. The number of nitrogens with one attached hydrogen (secondary N) is 1. The van der Waals surface area contributed by atoms with Crippen molar-refractivity contribution in [3.05, 3.63) is 71.0 Å². The topological polar surface area (TPSA) is 52.0 Å². The third kappa shape index (κ3) is 3.63. The molecular formula is C19H15BrN4OS. The van der Waals surface area contributed by atoms with Crippen LogP contribution in [0, 0.1) is 0 Å². The lowest BCUT2D eigenvalue weighted by atomic mass is 10.1. The molecule has 2 aromatic heterocycles. The molecule has 26 heavy (non-hydrogen) atoms. The first-order valence-electron chi connectivity index (χ1n) is 7.88. The normalized spacial score (nSPS) is 10.7. The molecule has 0 atom stereocenters. The Balaban J connectivity index is 1.52. The molecule has 0 aliphatic carbocycles. The fourth-order valence-electron chi connectivity index (χ4n) is 2.53. The second-order valence-corrected chi connectivity index (χ2v) is 7.22. The molecule has 5 nitrogen and oxygen atoms in total. The van der Waals surface area contributed by atoms with Gasteiger partial charge in [0.25, 0.3) is 0 Å². The molecule has 0 saturated carbocycles. The number of ether oxygens (including phenoxy) is 1. The quantitative estimate of drug-likeness (QED) is 0.456. The summed E-state index contributed by atoms with van der Waals surface area (Å²) in [6.45, 7) is 0. The lowest BCUT2D eigenvalue weighted by Crippen LogP contribution is -1.91. The van der Waals surface area contributed by atoms with Crippen molar-refractivity contribution in [1.29, 1.82) is 0 Å².